The first-order valence-corrected chi connectivity index (χ1v) is 8.53. The molecule has 0 aliphatic carbocycles. The third-order valence-corrected chi connectivity index (χ3v) is 4.62. The monoisotopic (exact) mass is 389 g/mol. The van der Waals surface area contributed by atoms with Gasteiger partial charge in [-0.1, -0.05) is 11.6 Å². The lowest BCUT2D eigenvalue weighted by atomic mass is 10.1. The van der Waals surface area contributed by atoms with E-state index in [1.807, 2.05) is 0 Å². The molecule has 1 aromatic heterocycles. The van der Waals surface area contributed by atoms with Gasteiger partial charge in [0.2, 0.25) is 6.86 Å². The molecule has 7 heteroatoms. The van der Waals surface area contributed by atoms with Crippen LogP contribution in [0, 0.1) is 6.92 Å². The maximum atomic E-state index is 13.1. The number of benzene rings is 2. The predicted molar refractivity (Wildman–Crippen MR) is 100 cm³/mol. The molecule has 2 aromatic carbocycles. The van der Waals surface area contributed by atoms with Gasteiger partial charge in [-0.2, -0.15) is 0 Å². The maximum absolute atomic E-state index is 13.1. The molecule has 140 valence electrons. The lowest BCUT2D eigenvalue weighted by molar-refractivity contribution is -0.146. The minimum atomic E-state index is -1.19. The number of nitrogens with zero attached hydrogens (tertiary/aromatic N) is 1. The largest absolute Gasteiger partial charge is 0.497 e. The van der Waals surface area contributed by atoms with Gasteiger partial charge in [0.05, 0.1) is 19.0 Å². The second kappa shape index (κ2) is 7.80. The van der Waals surface area contributed by atoms with Crippen LogP contribution in [0.4, 0.5) is 4.39 Å². The molecule has 0 aliphatic rings. The maximum Gasteiger partial charge on any atom is 0.312 e. The van der Waals surface area contributed by atoms with Gasteiger partial charge in [-0.3, -0.25) is 14.2 Å². The van der Waals surface area contributed by atoms with Gasteiger partial charge >= 0.3 is 5.97 Å². The van der Waals surface area contributed by atoms with E-state index in [1.165, 1.54) is 11.7 Å². The number of alkyl halides is 1. The number of methoxy groups -OCH3 is 1. The molecule has 0 saturated carbocycles. The molecule has 0 atom stereocenters. The number of esters is 1. The molecule has 0 fully saturated rings. The Hall–Kier alpha value is -2.86. The number of carbonyl (C=O) groups excluding carboxylic acids is 2. The van der Waals surface area contributed by atoms with Gasteiger partial charge in [-0.15, -0.1) is 0 Å². The number of fused-ring (bicyclic) bond motifs is 1. The Balaban J connectivity index is 2.17. The second-order valence-electron chi connectivity index (χ2n) is 5.90. The van der Waals surface area contributed by atoms with Crippen molar-refractivity contribution in [3.05, 3.63) is 64.3 Å². The van der Waals surface area contributed by atoms with Crippen molar-refractivity contribution < 1.29 is 23.5 Å². The Morgan fingerprint density at radius 2 is 1.85 bits per heavy atom. The zero-order valence-electron chi connectivity index (χ0n) is 14.8. The van der Waals surface area contributed by atoms with Gasteiger partial charge in [0, 0.05) is 21.7 Å². The topological polar surface area (TPSA) is 57.5 Å². The molecule has 3 aromatic rings. The van der Waals surface area contributed by atoms with E-state index in [-0.39, 0.29) is 12.3 Å². The van der Waals surface area contributed by atoms with Gasteiger partial charge in [-0.25, -0.2) is 4.39 Å². The Morgan fingerprint density at radius 3 is 2.48 bits per heavy atom. The molecule has 0 bridgehead atoms. The fourth-order valence-electron chi connectivity index (χ4n) is 3.05. The third kappa shape index (κ3) is 3.66. The fraction of sp³-hybridized carbons (Fsp3) is 0.200. The van der Waals surface area contributed by atoms with Crippen LogP contribution >= 0.6 is 11.6 Å². The first-order chi connectivity index (χ1) is 13.0. The van der Waals surface area contributed by atoms with E-state index in [2.05, 4.69) is 4.74 Å². The summed E-state index contributed by atoms with van der Waals surface area (Å²) in [4.78, 5) is 24.9. The molecule has 3 rings (SSSR count). The highest BCUT2D eigenvalue weighted by molar-refractivity contribution is 6.30. The lowest BCUT2D eigenvalue weighted by Crippen LogP contribution is -2.14. The number of halogens is 2. The molecular weight excluding hydrogens is 373 g/mol. The highest BCUT2D eigenvalue weighted by Crippen LogP contribution is 2.31. The fourth-order valence-corrected chi connectivity index (χ4v) is 3.18. The summed E-state index contributed by atoms with van der Waals surface area (Å²) in [6.45, 7) is 0.544. The molecule has 1 heterocycles. The summed E-state index contributed by atoms with van der Waals surface area (Å²) >= 11 is 5.90. The smallest absolute Gasteiger partial charge is 0.312 e. The minimum absolute atomic E-state index is 0.152. The van der Waals surface area contributed by atoms with Gasteiger partial charge in [0.25, 0.3) is 5.91 Å². The number of rotatable bonds is 5. The van der Waals surface area contributed by atoms with E-state index >= 15 is 0 Å². The van der Waals surface area contributed by atoms with Gasteiger partial charge in [-0.05, 0) is 55.0 Å². The van der Waals surface area contributed by atoms with E-state index < -0.39 is 12.8 Å². The predicted octanol–water partition coefficient (Wildman–Crippen LogP) is 4.31. The van der Waals surface area contributed by atoms with Gasteiger partial charge < -0.3 is 9.47 Å². The van der Waals surface area contributed by atoms with Crippen LogP contribution in [0.2, 0.25) is 5.02 Å². The molecule has 0 aliphatic heterocycles. The zero-order valence-corrected chi connectivity index (χ0v) is 15.5. The molecule has 5 nitrogen and oxygen atoms in total. The van der Waals surface area contributed by atoms with Crippen LogP contribution in [0.5, 0.6) is 5.75 Å². The van der Waals surface area contributed by atoms with Crippen molar-refractivity contribution in [3.8, 4) is 5.75 Å². The van der Waals surface area contributed by atoms with Crippen molar-refractivity contribution in [2.45, 2.75) is 13.3 Å². The van der Waals surface area contributed by atoms with Crippen molar-refractivity contribution in [2.24, 2.45) is 0 Å². The molecule has 0 radical (unpaired) electrons. The number of aromatic nitrogens is 1. The van der Waals surface area contributed by atoms with Crippen molar-refractivity contribution in [2.75, 3.05) is 14.0 Å². The summed E-state index contributed by atoms with van der Waals surface area (Å²) in [6, 6.07) is 11.8. The summed E-state index contributed by atoms with van der Waals surface area (Å²) < 4.78 is 23.5. The van der Waals surface area contributed by atoms with Gasteiger partial charge in [0.15, 0.2) is 0 Å². The number of hydrogen-bond acceptors (Lipinski definition) is 4. The van der Waals surface area contributed by atoms with E-state index in [9.17, 15) is 14.0 Å². The summed E-state index contributed by atoms with van der Waals surface area (Å²) in [5, 5.41) is 1.20. The Bertz CT molecular complexity index is 1010. The van der Waals surface area contributed by atoms with E-state index in [0.29, 0.717) is 38.5 Å². The summed E-state index contributed by atoms with van der Waals surface area (Å²) in [5.41, 5.74) is 2.24. The average Bonchev–Trinajstić information content (AvgIpc) is 2.93. The van der Waals surface area contributed by atoms with Gasteiger partial charge in [0.1, 0.15) is 5.75 Å². The van der Waals surface area contributed by atoms with Crippen molar-refractivity contribution in [3.63, 3.8) is 0 Å². The first-order valence-electron chi connectivity index (χ1n) is 8.16. The first kappa shape index (κ1) is 18.9. The Morgan fingerprint density at radius 1 is 1.15 bits per heavy atom. The molecular formula is C20H17ClFNO4. The summed E-state index contributed by atoms with van der Waals surface area (Å²) in [6.07, 6.45) is -0.152. The SMILES string of the molecule is COc1ccc2c(c1)c(CC(=O)OCF)c(C)n2C(=O)c1ccc(Cl)cc1. The molecule has 0 N–H and O–H groups in total. The van der Waals surface area contributed by atoms with Crippen molar-refractivity contribution >= 4 is 34.4 Å². The molecule has 0 unspecified atom stereocenters. The quantitative estimate of drug-likeness (QED) is 0.610. The Labute approximate surface area is 160 Å². The number of ether oxygens (including phenoxy) is 2. The zero-order chi connectivity index (χ0) is 19.6. The Kier molecular flexibility index (Phi) is 5.46. The van der Waals surface area contributed by atoms with Crippen LogP contribution in [0.3, 0.4) is 0 Å². The third-order valence-electron chi connectivity index (χ3n) is 4.37. The van der Waals surface area contributed by atoms with E-state index in [0.717, 1.165) is 0 Å². The van der Waals surface area contributed by atoms with E-state index in [4.69, 9.17) is 16.3 Å². The van der Waals surface area contributed by atoms with Crippen LogP contribution in [0.25, 0.3) is 10.9 Å². The average molecular weight is 390 g/mol. The highest BCUT2D eigenvalue weighted by atomic mass is 35.5. The minimum Gasteiger partial charge on any atom is -0.497 e. The van der Waals surface area contributed by atoms with Crippen LogP contribution < -0.4 is 4.74 Å². The highest BCUT2D eigenvalue weighted by Gasteiger charge is 2.22. The lowest BCUT2D eigenvalue weighted by Gasteiger charge is -2.08. The van der Waals surface area contributed by atoms with Crippen molar-refractivity contribution in [1.82, 2.24) is 4.57 Å². The summed E-state index contributed by atoms with van der Waals surface area (Å²) in [7, 11) is 1.53. The molecule has 27 heavy (non-hydrogen) atoms. The van der Waals surface area contributed by atoms with Crippen LogP contribution in [-0.4, -0.2) is 30.4 Å². The van der Waals surface area contributed by atoms with Crippen LogP contribution in [0.15, 0.2) is 42.5 Å². The standard InChI is InChI=1S/C20H17ClFNO4/c1-12-16(10-19(24)27-11-22)17-9-15(26-2)7-8-18(17)23(12)20(25)13-3-5-14(21)6-4-13/h3-9H,10-11H2,1-2H3. The normalized spacial score (nSPS) is 10.8. The second-order valence-corrected chi connectivity index (χ2v) is 6.33. The molecule has 0 saturated heterocycles. The number of carbonyl (C=O) groups is 2. The van der Waals surface area contributed by atoms with Crippen LogP contribution in [-0.2, 0) is 16.0 Å². The van der Waals surface area contributed by atoms with Crippen molar-refractivity contribution in [1.29, 1.82) is 0 Å². The van der Waals surface area contributed by atoms with E-state index in [1.54, 1.807) is 49.4 Å². The summed E-state index contributed by atoms with van der Waals surface area (Å²) in [5.74, 6) is -0.385. The number of hydrogen-bond donors (Lipinski definition) is 0. The molecule has 0 amide bonds. The molecule has 0 spiro atoms. The van der Waals surface area contributed by atoms with Crippen LogP contribution in [0.1, 0.15) is 21.6 Å².